The number of benzene rings is 5. The smallest absolute Gasteiger partial charge is 0.342 e. The van der Waals surface area contributed by atoms with E-state index in [4.69, 9.17) is 21.7 Å². The highest BCUT2D eigenvalue weighted by Crippen LogP contribution is 2.57. The van der Waals surface area contributed by atoms with Crippen LogP contribution in [0.5, 0.6) is 23.0 Å². The fourth-order valence-electron chi connectivity index (χ4n) is 9.33. The summed E-state index contributed by atoms with van der Waals surface area (Å²) in [5, 5.41) is 45.1. The number of fused-ring (bicyclic) bond motifs is 6. The van der Waals surface area contributed by atoms with Crippen LogP contribution in [0.25, 0.3) is 0 Å². The lowest BCUT2D eigenvalue weighted by Gasteiger charge is -2.36. The molecule has 2 atom stereocenters. The van der Waals surface area contributed by atoms with E-state index in [1.165, 1.54) is 24.3 Å². The molecule has 1 saturated heterocycles. The monoisotopic (exact) mass is 983 g/mol. The number of aromatic hydroxyl groups is 2. The zero-order valence-electron chi connectivity index (χ0n) is 39.5. The van der Waals surface area contributed by atoms with Gasteiger partial charge < -0.3 is 61.2 Å². The van der Waals surface area contributed by atoms with Gasteiger partial charge in [-0.3, -0.25) is 14.4 Å². The van der Waals surface area contributed by atoms with Crippen molar-refractivity contribution in [2.75, 3.05) is 48.8 Å². The summed E-state index contributed by atoms with van der Waals surface area (Å²) in [6, 6.07) is 27.3. The van der Waals surface area contributed by atoms with Gasteiger partial charge in [0.1, 0.15) is 35.1 Å². The minimum atomic E-state index is -1.51. The number of phenolic OH excluding ortho intramolecular Hbond substituents is 2. The summed E-state index contributed by atoms with van der Waals surface area (Å²) < 4.78 is 12.2. The highest BCUT2D eigenvalue weighted by molar-refractivity contribution is 7.80. The third-order valence-electron chi connectivity index (χ3n) is 12.9. The number of carbonyl (C=O) groups excluding carboxylic acids is 4. The van der Waals surface area contributed by atoms with E-state index in [-0.39, 0.29) is 89.9 Å². The first-order chi connectivity index (χ1) is 34.2. The molecule has 3 aliphatic rings. The van der Waals surface area contributed by atoms with Crippen LogP contribution in [0.1, 0.15) is 83.1 Å². The van der Waals surface area contributed by atoms with Crippen LogP contribution in [-0.4, -0.2) is 95.9 Å². The summed E-state index contributed by atoms with van der Waals surface area (Å²) >= 11 is 5.56. The van der Waals surface area contributed by atoms with Crippen LogP contribution in [0.3, 0.4) is 0 Å². The van der Waals surface area contributed by atoms with Gasteiger partial charge >= 0.3 is 11.9 Å². The molecule has 5 aromatic rings. The van der Waals surface area contributed by atoms with E-state index in [0.717, 1.165) is 48.4 Å². The molecule has 0 aliphatic carbocycles. The highest BCUT2D eigenvalue weighted by atomic mass is 32.1. The Bertz CT molecular complexity index is 2780. The largest absolute Gasteiger partial charge is 0.508 e. The van der Waals surface area contributed by atoms with Crippen molar-refractivity contribution in [3.63, 3.8) is 0 Å². The number of rotatable bonds is 19. The Morgan fingerprint density at radius 3 is 2.14 bits per heavy atom. The van der Waals surface area contributed by atoms with Crippen molar-refractivity contribution in [2.45, 2.75) is 75.6 Å². The molecule has 0 aromatic heterocycles. The SMILES string of the molecule is CN(C)c1ccc(CC(=O)N[C@@H](CCC(=O)NCCCCC(NC(=S)Nc2cccc3c2C(=O)OC32c3ccc(O)cc3Oc3cc(O)ccc32)C(=O)O)C(=O)NCc2ccccc2N2CCCC2)cc1. The Balaban J connectivity index is 0.844. The fourth-order valence-corrected chi connectivity index (χ4v) is 9.59. The average molecular weight is 984 g/mol. The van der Waals surface area contributed by atoms with Crippen LogP contribution in [0.2, 0.25) is 0 Å². The molecular weight excluding hydrogens is 927 g/mol. The minimum absolute atomic E-state index is 0.0443. The normalized spacial score (nSPS) is 14.7. The third kappa shape index (κ3) is 11.3. The zero-order valence-corrected chi connectivity index (χ0v) is 40.3. The van der Waals surface area contributed by atoms with Gasteiger partial charge in [-0.1, -0.05) is 42.5 Å². The molecule has 17 nitrogen and oxygen atoms in total. The van der Waals surface area contributed by atoms with Gasteiger partial charge in [0.2, 0.25) is 17.7 Å². The van der Waals surface area contributed by atoms with Crippen LogP contribution < -0.4 is 41.1 Å². The number of carboxylic acid groups (broad SMARTS) is 1. The lowest BCUT2D eigenvalue weighted by Crippen LogP contribution is -2.47. The number of anilines is 3. The van der Waals surface area contributed by atoms with Crippen LogP contribution in [0.15, 0.2) is 103 Å². The molecular formula is C53H57N7O10S. The Kier molecular flexibility index (Phi) is 15.2. The second-order valence-corrected chi connectivity index (χ2v) is 18.4. The van der Waals surface area contributed by atoms with Crippen molar-refractivity contribution in [3.8, 4) is 23.0 Å². The van der Waals surface area contributed by atoms with E-state index in [1.54, 1.807) is 30.3 Å². The van der Waals surface area contributed by atoms with Crippen molar-refractivity contribution in [2.24, 2.45) is 0 Å². The number of carboxylic acids is 1. The van der Waals surface area contributed by atoms with Crippen LogP contribution >= 0.6 is 12.2 Å². The molecule has 5 aromatic carbocycles. The van der Waals surface area contributed by atoms with Crippen molar-refractivity contribution >= 4 is 64.1 Å². The molecule has 1 fully saturated rings. The molecule has 1 spiro atoms. The van der Waals surface area contributed by atoms with Crippen molar-refractivity contribution in [1.29, 1.82) is 0 Å². The summed E-state index contributed by atoms with van der Waals surface area (Å²) in [4.78, 5) is 70.6. The number of phenols is 2. The second kappa shape index (κ2) is 21.8. The molecule has 370 valence electrons. The van der Waals surface area contributed by atoms with Crippen molar-refractivity contribution in [1.82, 2.24) is 21.3 Å². The number of hydrogen-bond acceptors (Lipinski definition) is 12. The molecule has 8 rings (SSSR count). The van der Waals surface area contributed by atoms with E-state index in [0.29, 0.717) is 29.5 Å². The zero-order chi connectivity index (χ0) is 50.2. The molecule has 71 heavy (non-hydrogen) atoms. The van der Waals surface area contributed by atoms with Gasteiger partial charge in [0.05, 0.1) is 17.7 Å². The first-order valence-electron chi connectivity index (χ1n) is 23.6. The topological polar surface area (TPSA) is 231 Å². The number of aliphatic carboxylic acids is 1. The number of ether oxygens (including phenoxy) is 2. The molecule has 0 saturated carbocycles. The van der Waals surface area contributed by atoms with Gasteiger partial charge in [-0.25, -0.2) is 9.59 Å². The van der Waals surface area contributed by atoms with Crippen molar-refractivity contribution in [3.05, 3.63) is 137 Å². The predicted molar refractivity (Wildman–Crippen MR) is 271 cm³/mol. The molecule has 1 unspecified atom stereocenters. The summed E-state index contributed by atoms with van der Waals surface area (Å²) in [5.74, 6) is -2.63. The fraction of sp³-hybridized carbons (Fsp3) is 0.321. The van der Waals surface area contributed by atoms with Gasteiger partial charge in [-0.15, -0.1) is 0 Å². The van der Waals surface area contributed by atoms with Gasteiger partial charge in [-0.05, 0) is 110 Å². The molecule has 3 amide bonds. The van der Waals surface area contributed by atoms with Crippen LogP contribution in [0, 0.1) is 0 Å². The van der Waals surface area contributed by atoms with E-state index >= 15 is 0 Å². The number of nitrogens with one attached hydrogen (secondary N) is 5. The Morgan fingerprint density at radius 1 is 0.775 bits per heavy atom. The Morgan fingerprint density at radius 2 is 1.46 bits per heavy atom. The van der Waals surface area contributed by atoms with Gasteiger partial charge in [0.15, 0.2) is 10.7 Å². The standard InChI is InChI=1S/C53H57N7O10S/c1-59(2)34-17-15-32(16-18-34)28-47(64)56-41(49(65)55-31-33-10-3-4-14-43(33)60-26-7-8-27-60)23-24-46(63)54-25-6-5-12-42(50(66)67)58-52(71)57-40-13-9-11-39-48(40)51(68)70-53(39)37-21-19-35(61)29-44(37)69-45-30-36(62)20-22-38(45)53/h3-4,9-11,13-22,29-30,41-42,61-62H,5-8,12,23-28,31H2,1-2H3,(H,54,63)(H,55,65)(H,56,64)(H,66,67)(H2,57,58,71)/t41-,42?/m0/s1. The lowest BCUT2D eigenvalue weighted by atomic mass is 9.77. The van der Waals surface area contributed by atoms with Crippen LogP contribution in [0.4, 0.5) is 17.1 Å². The van der Waals surface area contributed by atoms with Gasteiger partial charge in [0, 0.05) is 86.9 Å². The molecule has 18 heteroatoms. The number of unbranched alkanes of at least 4 members (excludes halogenated alkanes) is 1. The summed E-state index contributed by atoms with van der Waals surface area (Å²) in [6.07, 6.45) is 3.25. The predicted octanol–water partition coefficient (Wildman–Crippen LogP) is 6.18. The maximum atomic E-state index is 13.8. The number of para-hydroxylation sites is 1. The first-order valence-corrected chi connectivity index (χ1v) is 24.1. The highest BCUT2D eigenvalue weighted by Gasteiger charge is 2.54. The maximum Gasteiger partial charge on any atom is 0.342 e. The van der Waals surface area contributed by atoms with E-state index in [1.807, 2.05) is 67.5 Å². The quantitative estimate of drug-likeness (QED) is 0.0262. The molecule has 0 radical (unpaired) electrons. The van der Waals surface area contributed by atoms with Gasteiger partial charge in [0.25, 0.3) is 0 Å². The second-order valence-electron chi connectivity index (χ2n) is 18.0. The summed E-state index contributed by atoms with van der Waals surface area (Å²) in [7, 11) is 3.86. The van der Waals surface area contributed by atoms with E-state index in [9.17, 15) is 39.3 Å². The third-order valence-corrected chi connectivity index (χ3v) is 13.1. The molecule has 3 heterocycles. The Labute approximate surface area is 416 Å². The number of nitrogens with zero attached hydrogens (tertiary/aromatic N) is 2. The van der Waals surface area contributed by atoms with Crippen LogP contribution in [-0.2, 0) is 42.5 Å². The molecule has 3 aliphatic heterocycles. The van der Waals surface area contributed by atoms with E-state index < -0.39 is 35.5 Å². The number of carbonyl (C=O) groups is 5. The lowest BCUT2D eigenvalue weighted by molar-refractivity contribution is -0.139. The summed E-state index contributed by atoms with van der Waals surface area (Å²) in [6.45, 7) is 2.39. The Hall–Kier alpha value is -7.86. The van der Waals surface area contributed by atoms with Gasteiger partial charge in [-0.2, -0.15) is 0 Å². The molecule has 0 bridgehead atoms. The first kappa shape index (κ1) is 49.6. The van der Waals surface area contributed by atoms with E-state index in [2.05, 4.69) is 31.5 Å². The number of esters is 1. The van der Waals surface area contributed by atoms with Crippen molar-refractivity contribution < 1.29 is 48.8 Å². The minimum Gasteiger partial charge on any atom is -0.508 e. The number of thiocarbonyl (C=S) groups is 1. The maximum absolute atomic E-state index is 13.8. The number of hydrogen-bond donors (Lipinski definition) is 8. The molecule has 8 N–H and O–H groups in total. The number of amides is 3. The summed E-state index contributed by atoms with van der Waals surface area (Å²) in [5.41, 5.74) is 4.03. The average Bonchev–Trinajstić information content (AvgIpc) is 3.99.